The second kappa shape index (κ2) is 7.93. The largest absolute Gasteiger partial charge is 0.465 e. The van der Waals surface area contributed by atoms with Crippen LogP contribution in [0.25, 0.3) is 0 Å². The van der Waals surface area contributed by atoms with E-state index in [9.17, 15) is 8.42 Å². The molecule has 0 aliphatic heterocycles. The number of hydrogen-bond acceptors (Lipinski definition) is 5. The summed E-state index contributed by atoms with van der Waals surface area (Å²) in [5, 5.41) is 3.14. The average molecular weight is 318 g/mol. The predicted molar refractivity (Wildman–Crippen MR) is 81.8 cm³/mol. The first-order chi connectivity index (χ1) is 9.83. The molecule has 0 saturated carbocycles. The van der Waals surface area contributed by atoms with Gasteiger partial charge in [0.1, 0.15) is 16.4 Å². The Labute approximate surface area is 127 Å². The number of aryl methyl sites for hydroxylation is 2. The minimum Gasteiger partial charge on any atom is -0.465 e. The van der Waals surface area contributed by atoms with Gasteiger partial charge in [-0.3, -0.25) is 0 Å². The summed E-state index contributed by atoms with van der Waals surface area (Å²) in [6.45, 7) is 11.2. The molecule has 0 aliphatic carbocycles. The van der Waals surface area contributed by atoms with Crippen LogP contribution in [0, 0.1) is 13.8 Å². The summed E-state index contributed by atoms with van der Waals surface area (Å²) in [5.74, 6) is 1.04. The fourth-order valence-electron chi connectivity index (χ4n) is 2.17. The fraction of sp³-hybridized carbons (Fsp3) is 0.714. The number of ether oxygens (including phenoxy) is 1. The molecule has 1 rings (SSSR count). The molecule has 0 fully saturated rings. The minimum absolute atomic E-state index is 0.240. The van der Waals surface area contributed by atoms with Crippen molar-refractivity contribution >= 4 is 10.0 Å². The van der Waals surface area contributed by atoms with E-state index in [-0.39, 0.29) is 10.9 Å². The summed E-state index contributed by atoms with van der Waals surface area (Å²) >= 11 is 0. The van der Waals surface area contributed by atoms with Crippen molar-refractivity contribution in [2.24, 2.45) is 0 Å². The second-order valence-corrected chi connectivity index (χ2v) is 6.64. The Morgan fingerprint density at radius 2 is 1.90 bits per heavy atom. The van der Waals surface area contributed by atoms with Crippen LogP contribution in [0.4, 0.5) is 0 Å². The molecule has 6 nitrogen and oxygen atoms in total. The van der Waals surface area contributed by atoms with Gasteiger partial charge in [-0.1, -0.05) is 6.92 Å². The smallest absolute Gasteiger partial charge is 0.244 e. The molecule has 0 spiro atoms. The highest BCUT2D eigenvalue weighted by Crippen LogP contribution is 2.26. The first-order valence-electron chi connectivity index (χ1n) is 7.23. The molecule has 7 heteroatoms. The monoisotopic (exact) mass is 318 g/mol. The zero-order valence-electron chi connectivity index (χ0n) is 13.4. The number of sulfonamides is 1. The van der Waals surface area contributed by atoms with Crippen molar-refractivity contribution < 1.29 is 17.6 Å². The van der Waals surface area contributed by atoms with Gasteiger partial charge in [-0.05, 0) is 34.2 Å². The quantitative estimate of drug-likeness (QED) is 0.724. The molecular formula is C14H26N2O4S. The maximum absolute atomic E-state index is 12.6. The molecule has 0 bridgehead atoms. The zero-order chi connectivity index (χ0) is 16.0. The third kappa shape index (κ3) is 4.81. The summed E-state index contributed by atoms with van der Waals surface area (Å²) in [6, 6.07) is -0.295. The number of rotatable bonds is 9. The zero-order valence-corrected chi connectivity index (χ0v) is 14.3. The molecule has 1 atom stereocenters. The SMILES string of the molecule is CCNCc1c(C)oc(C)c1S(=O)(=O)NC(C)COCC. The van der Waals surface area contributed by atoms with Gasteiger partial charge in [-0.2, -0.15) is 0 Å². The van der Waals surface area contributed by atoms with Crippen molar-refractivity contribution in [1.82, 2.24) is 10.0 Å². The van der Waals surface area contributed by atoms with E-state index in [1.807, 2.05) is 13.8 Å². The Kier molecular flexibility index (Phi) is 6.86. The van der Waals surface area contributed by atoms with E-state index in [4.69, 9.17) is 9.15 Å². The van der Waals surface area contributed by atoms with Crippen LogP contribution in [0.3, 0.4) is 0 Å². The van der Waals surface area contributed by atoms with Gasteiger partial charge in [-0.25, -0.2) is 13.1 Å². The lowest BCUT2D eigenvalue weighted by molar-refractivity contribution is 0.133. The van der Waals surface area contributed by atoms with Gasteiger partial charge in [-0.15, -0.1) is 0 Å². The molecule has 1 heterocycles. The van der Waals surface area contributed by atoms with Crippen molar-refractivity contribution in [1.29, 1.82) is 0 Å². The highest BCUT2D eigenvalue weighted by molar-refractivity contribution is 7.89. The molecule has 1 aromatic rings. The molecule has 21 heavy (non-hydrogen) atoms. The number of hydrogen-bond donors (Lipinski definition) is 2. The van der Waals surface area contributed by atoms with Gasteiger partial charge in [0.15, 0.2) is 0 Å². The fourth-order valence-corrected chi connectivity index (χ4v) is 3.84. The van der Waals surface area contributed by atoms with Crippen LogP contribution in [0.1, 0.15) is 37.9 Å². The first-order valence-corrected chi connectivity index (χ1v) is 8.71. The molecule has 0 amide bonds. The van der Waals surface area contributed by atoms with Gasteiger partial charge in [0.05, 0.1) is 6.61 Å². The van der Waals surface area contributed by atoms with Gasteiger partial charge >= 0.3 is 0 Å². The molecule has 0 radical (unpaired) electrons. The molecular weight excluding hydrogens is 292 g/mol. The second-order valence-electron chi connectivity index (χ2n) is 4.98. The highest BCUT2D eigenvalue weighted by atomic mass is 32.2. The van der Waals surface area contributed by atoms with Gasteiger partial charge in [0.25, 0.3) is 0 Å². The first kappa shape index (κ1) is 18.2. The van der Waals surface area contributed by atoms with E-state index >= 15 is 0 Å². The Bertz CT molecular complexity index is 552. The lowest BCUT2D eigenvalue weighted by Crippen LogP contribution is -2.36. The Balaban J connectivity index is 3.01. The third-order valence-corrected chi connectivity index (χ3v) is 4.86. The van der Waals surface area contributed by atoms with Gasteiger partial charge < -0.3 is 14.5 Å². The lowest BCUT2D eigenvalue weighted by atomic mass is 10.2. The Morgan fingerprint density at radius 3 is 2.48 bits per heavy atom. The van der Waals surface area contributed by atoms with Crippen LogP contribution in [-0.2, 0) is 21.3 Å². The van der Waals surface area contributed by atoms with Crippen molar-refractivity contribution in [2.75, 3.05) is 19.8 Å². The van der Waals surface area contributed by atoms with Crippen molar-refractivity contribution in [3.8, 4) is 0 Å². The molecule has 1 unspecified atom stereocenters. The van der Waals surface area contributed by atoms with E-state index in [0.717, 1.165) is 6.54 Å². The van der Waals surface area contributed by atoms with Crippen LogP contribution in [0.2, 0.25) is 0 Å². The Morgan fingerprint density at radius 1 is 1.24 bits per heavy atom. The van der Waals surface area contributed by atoms with Crippen LogP contribution in [0.5, 0.6) is 0 Å². The average Bonchev–Trinajstić information content (AvgIpc) is 2.68. The topological polar surface area (TPSA) is 80.6 Å². The van der Waals surface area contributed by atoms with E-state index < -0.39 is 10.0 Å². The summed E-state index contributed by atoms with van der Waals surface area (Å²) in [4.78, 5) is 0.240. The molecule has 0 aromatic carbocycles. The summed E-state index contributed by atoms with van der Waals surface area (Å²) in [7, 11) is -3.62. The van der Waals surface area contributed by atoms with Crippen LogP contribution in [0.15, 0.2) is 9.31 Å². The third-order valence-electron chi connectivity index (χ3n) is 3.07. The van der Waals surface area contributed by atoms with E-state index in [1.165, 1.54) is 0 Å². The Hall–Kier alpha value is -0.890. The van der Waals surface area contributed by atoms with E-state index in [1.54, 1.807) is 20.8 Å². The van der Waals surface area contributed by atoms with Crippen LogP contribution in [-0.4, -0.2) is 34.2 Å². The maximum atomic E-state index is 12.6. The normalized spacial score (nSPS) is 13.6. The number of nitrogens with one attached hydrogen (secondary N) is 2. The summed E-state index contributed by atoms with van der Waals surface area (Å²) in [5.41, 5.74) is 0.686. The van der Waals surface area contributed by atoms with Crippen molar-refractivity contribution in [3.63, 3.8) is 0 Å². The molecule has 1 aromatic heterocycles. The van der Waals surface area contributed by atoms with E-state index in [0.29, 0.717) is 36.8 Å². The standard InChI is InChI=1S/C14H26N2O4S/c1-6-15-8-13-11(4)20-12(5)14(13)21(17,18)16-10(3)9-19-7-2/h10,15-16H,6-9H2,1-5H3. The van der Waals surface area contributed by atoms with Gasteiger partial charge in [0, 0.05) is 24.8 Å². The predicted octanol–water partition coefficient (Wildman–Crippen LogP) is 1.71. The molecule has 122 valence electrons. The van der Waals surface area contributed by atoms with Crippen molar-refractivity contribution in [2.45, 2.75) is 52.1 Å². The van der Waals surface area contributed by atoms with Crippen LogP contribution >= 0.6 is 0 Å². The highest BCUT2D eigenvalue weighted by Gasteiger charge is 2.27. The van der Waals surface area contributed by atoms with Crippen molar-refractivity contribution in [3.05, 3.63) is 17.1 Å². The minimum atomic E-state index is -3.62. The maximum Gasteiger partial charge on any atom is 0.244 e. The van der Waals surface area contributed by atoms with Crippen LogP contribution < -0.4 is 10.0 Å². The molecule has 0 saturated heterocycles. The number of furan rings is 1. The molecule has 2 N–H and O–H groups in total. The van der Waals surface area contributed by atoms with Gasteiger partial charge in [0.2, 0.25) is 10.0 Å². The summed E-state index contributed by atoms with van der Waals surface area (Å²) in [6.07, 6.45) is 0. The lowest BCUT2D eigenvalue weighted by Gasteiger charge is -2.15. The summed E-state index contributed by atoms with van der Waals surface area (Å²) < 4.78 is 38.5. The molecule has 0 aliphatic rings. The van der Waals surface area contributed by atoms with E-state index in [2.05, 4.69) is 10.0 Å².